The Morgan fingerprint density at radius 2 is 1.25 bits per heavy atom. The predicted octanol–water partition coefficient (Wildman–Crippen LogP) is 6.80. The lowest BCUT2D eigenvalue weighted by molar-refractivity contribution is -0.131. The number of anilines is 1. The van der Waals surface area contributed by atoms with Crippen LogP contribution in [0.3, 0.4) is 0 Å². The number of unbranched alkanes of at least 4 members (excludes halogenated alkanes) is 1. The molecule has 5 N–H and O–H groups in total. The zero-order chi connectivity index (χ0) is 38.9. The maximum atomic E-state index is 13.9. The Morgan fingerprint density at radius 3 is 1.84 bits per heavy atom. The van der Waals surface area contributed by atoms with E-state index in [1.807, 2.05) is 42.5 Å². The molecule has 0 radical (unpaired) electrons. The van der Waals surface area contributed by atoms with Crippen LogP contribution in [0.5, 0.6) is 0 Å². The van der Waals surface area contributed by atoms with Gasteiger partial charge >= 0.3 is 0 Å². The smallest absolute Gasteiger partial charge is 0.246 e. The van der Waals surface area contributed by atoms with Crippen LogP contribution in [-0.2, 0) is 33.0 Å². The second-order valence-corrected chi connectivity index (χ2v) is 13.7. The van der Waals surface area contributed by atoms with Gasteiger partial charge in [-0.2, -0.15) is 0 Å². The number of carbonyl (C=O) groups is 3. The van der Waals surface area contributed by atoms with Crippen LogP contribution in [-0.4, -0.2) is 41.5 Å². The van der Waals surface area contributed by atoms with Crippen molar-refractivity contribution in [2.45, 2.75) is 69.7 Å². The highest BCUT2D eigenvalue weighted by molar-refractivity contribution is 5.98. The number of aliphatic hydroxyl groups is 1. The van der Waals surface area contributed by atoms with E-state index in [1.54, 1.807) is 24.3 Å². The first-order valence-electron chi connectivity index (χ1n) is 18.8. The van der Waals surface area contributed by atoms with E-state index in [1.165, 1.54) is 5.56 Å². The molecule has 2 unspecified atom stereocenters. The first-order chi connectivity index (χ1) is 26.8. The molecular formula is C47H50N4O4. The molecule has 0 aliphatic rings. The summed E-state index contributed by atoms with van der Waals surface area (Å²) in [7, 11) is 0. The van der Waals surface area contributed by atoms with Crippen molar-refractivity contribution in [2.24, 2.45) is 0 Å². The van der Waals surface area contributed by atoms with Crippen molar-refractivity contribution in [2.75, 3.05) is 11.9 Å². The van der Waals surface area contributed by atoms with Gasteiger partial charge in [0.25, 0.3) is 0 Å². The maximum Gasteiger partial charge on any atom is 0.246 e. The number of aliphatic hydroxyl groups excluding tert-OH is 1. The van der Waals surface area contributed by atoms with Crippen LogP contribution in [0.1, 0.15) is 65.5 Å². The van der Waals surface area contributed by atoms with Gasteiger partial charge in [-0.25, -0.2) is 0 Å². The van der Waals surface area contributed by atoms with Gasteiger partial charge in [0, 0.05) is 24.9 Å². The predicted molar refractivity (Wildman–Crippen MR) is 219 cm³/mol. The molecule has 2 atom stereocenters. The largest absolute Gasteiger partial charge is 0.392 e. The van der Waals surface area contributed by atoms with Gasteiger partial charge in [-0.15, -0.1) is 12.3 Å². The summed E-state index contributed by atoms with van der Waals surface area (Å²) in [6.45, 7) is 2.58. The van der Waals surface area contributed by atoms with E-state index >= 15 is 0 Å². The van der Waals surface area contributed by atoms with Crippen molar-refractivity contribution < 1.29 is 19.5 Å². The third-order valence-electron chi connectivity index (χ3n) is 9.68. The lowest BCUT2D eigenvalue weighted by atomic mass is 9.76. The van der Waals surface area contributed by atoms with Gasteiger partial charge in [0.05, 0.1) is 12.1 Å². The Labute approximate surface area is 324 Å². The van der Waals surface area contributed by atoms with Crippen molar-refractivity contribution in [3.63, 3.8) is 0 Å². The zero-order valence-corrected chi connectivity index (χ0v) is 31.3. The summed E-state index contributed by atoms with van der Waals surface area (Å²) in [6.07, 6.45) is 7.64. The monoisotopic (exact) mass is 734 g/mol. The molecule has 0 bridgehead atoms. The standard InChI is InChI=1S/C47H50N4O4/c1-3-4-23-44(53)50-43(33-36-16-8-5-9-17-36)46(55)51-42(45(54)49-41-30-26-37(34-52)27-31-41)22-14-15-32-48-47(38-18-10-6-11-19-38,39-20-12-7-13-21-39)40-28-24-35(2)25-29-40/h1,5-13,16-21,24-31,42-43,48,52H,4,14-15,22-23,32-34H2,2H3,(H,49,54)(H,50,53)(H,51,55). The lowest BCUT2D eigenvalue weighted by Gasteiger charge is -2.37. The van der Waals surface area contributed by atoms with Crippen LogP contribution >= 0.6 is 0 Å². The molecule has 0 spiro atoms. The van der Waals surface area contributed by atoms with E-state index in [4.69, 9.17) is 6.42 Å². The van der Waals surface area contributed by atoms with Crippen LogP contribution in [0.15, 0.2) is 140 Å². The first kappa shape index (κ1) is 40.2. The number of hydrogen-bond donors (Lipinski definition) is 5. The Bertz CT molecular complexity index is 1950. The van der Waals surface area contributed by atoms with E-state index in [2.05, 4.69) is 107 Å². The molecule has 0 aliphatic carbocycles. The van der Waals surface area contributed by atoms with Crippen LogP contribution in [0, 0.1) is 19.3 Å². The van der Waals surface area contributed by atoms with Crippen LogP contribution < -0.4 is 21.3 Å². The zero-order valence-electron chi connectivity index (χ0n) is 31.3. The number of terminal acetylenes is 1. The number of nitrogens with one attached hydrogen (secondary N) is 4. The Morgan fingerprint density at radius 1 is 0.673 bits per heavy atom. The average Bonchev–Trinajstić information content (AvgIpc) is 3.22. The van der Waals surface area contributed by atoms with E-state index in [0.717, 1.165) is 22.3 Å². The van der Waals surface area contributed by atoms with Gasteiger partial charge in [-0.05, 0) is 72.7 Å². The molecule has 282 valence electrons. The van der Waals surface area contributed by atoms with Crippen LogP contribution in [0.2, 0.25) is 0 Å². The first-order valence-corrected chi connectivity index (χ1v) is 18.8. The third kappa shape index (κ3) is 11.2. The summed E-state index contributed by atoms with van der Waals surface area (Å²) in [6, 6.07) is 43.9. The Kier molecular flexibility index (Phi) is 14.9. The van der Waals surface area contributed by atoms with Gasteiger partial charge in [0.2, 0.25) is 17.7 Å². The highest BCUT2D eigenvalue weighted by Crippen LogP contribution is 2.37. The molecule has 0 fully saturated rings. The van der Waals surface area contributed by atoms with Crippen molar-refractivity contribution >= 4 is 23.4 Å². The molecule has 8 nitrogen and oxygen atoms in total. The molecule has 5 rings (SSSR count). The van der Waals surface area contributed by atoms with Crippen molar-refractivity contribution in [3.8, 4) is 12.3 Å². The summed E-state index contributed by atoms with van der Waals surface area (Å²) in [5.41, 5.74) is 5.99. The second-order valence-electron chi connectivity index (χ2n) is 13.7. The van der Waals surface area contributed by atoms with Crippen LogP contribution in [0.25, 0.3) is 0 Å². The summed E-state index contributed by atoms with van der Waals surface area (Å²) in [5, 5.41) is 22.1. The van der Waals surface area contributed by atoms with E-state index < -0.39 is 23.5 Å². The normalized spacial score (nSPS) is 12.2. The molecule has 0 saturated heterocycles. The minimum atomic E-state index is -0.916. The van der Waals surface area contributed by atoms with Gasteiger partial charge in [0.1, 0.15) is 12.1 Å². The van der Waals surface area contributed by atoms with E-state index in [9.17, 15) is 19.5 Å². The number of hydrogen-bond acceptors (Lipinski definition) is 5. The molecule has 0 aliphatic heterocycles. The maximum absolute atomic E-state index is 13.9. The number of benzene rings is 5. The summed E-state index contributed by atoms with van der Waals surface area (Å²) in [4.78, 5) is 40.6. The lowest BCUT2D eigenvalue weighted by Crippen LogP contribution is -2.53. The van der Waals surface area contributed by atoms with Gasteiger partial charge in [-0.1, -0.05) is 133 Å². The molecule has 5 aromatic carbocycles. The van der Waals surface area contributed by atoms with Crippen molar-refractivity contribution in [3.05, 3.63) is 173 Å². The number of aryl methyl sites for hydroxylation is 1. The van der Waals surface area contributed by atoms with E-state index in [0.29, 0.717) is 37.1 Å². The minimum absolute atomic E-state index is 0.0891. The SMILES string of the molecule is C#CCCC(=O)NC(Cc1ccccc1)C(=O)NC(CCCCNC(c1ccccc1)(c1ccccc1)c1ccc(C)cc1)C(=O)Nc1ccc(CO)cc1. The summed E-state index contributed by atoms with van der Waals surface area (Å²) >= 11 is 0. The van der Waals surface area contributed by atoms with Crippen molar-refractivity contribution in [1.29, 1.82) is 0 Å². The molecule has 3 amide bonds. The highest BCUT2D eigenvalue weighted by Gasteiger charge is 2.36. The van der Waals surface area contributed by atoms with Gasteiger partial charge in [0.15, 0.2) is 0 Å². The van der Waals surface area contributed by atoms with Crippen LogP contribution in [0.4, 0.5) is 5.69 Å². The third-order valence-corrected chi connectivity index (χ3v) is 9.68. The van der Waals surface area contributed by atoms with Gasteiger partial charge in [-0.3, -0.25) is 19.7 Å². The fraction of sp³-hybridized carbons (Fsp3) is 0.255. The molecule has 8 heteroatoms. The number of rotatable bonds is 19. The summed E-state index contributed by atoms with van der Waals surface area (Å²) < 4.78 is 0. The Balaban J connectivity index is 1.35. The highest BCUT2D eigenvalue weighted by atomic mass is 16.3. The molecule has 0 aromatic heterocycles. The molecular weight excluding hydrogens is 685 g/mol. The van der Waals surface area contributed by atoms with Gasteiger partial charge < -0.3 is 21.1 Å². The Hall–Kier alpha value is -6.01. The fourth-order valence-corrected chi connectivity index (χ4v) is 6.71. The average molecular weight is 735 g/mol. The molecule has 0 saturated carbocycles. The van der Waals surface area contributed by atoms with E-state index in [-0.39, 0.29) is 37.7 Å². The number of carbonyl (C=O) groups excluding carboxylic acids is 3. The topological polar surface area (TPSA) is 120 Å². The fourth-order valence-electron chi connectivity index (χ4n) is 6.71. The number of amides is 3. The molecule has 0 heterocycles. The summed E-state index contributed by atoms with van der Waals surface area (Å²) in [5.74, 6) is 1.30. The molecule has 5 aromatic rings. The van der Waals surface area contributed by atoms with Crippen molar-refractivity contribution in [1.82, 2.24) is 16.0 Å². The molecule has 55 heavy (non-hydrogen) atoms. The minimum Gasteiger partial charge on any atom is -0.392 e. The quantitative estimate of drug-likeness (QED) is 0.0363. The second kappa shape index (κ2) is 20.4.